The molecule has 78 valence electrons. The number of halogens is 1. The summed E-state index contributed by atoms with van der Waals surface area (Å²) in [6, 6.07) is 3.05. The molecule has 0 aliphatic carbocycles. The second kappa shape index (κ2) is 6.34. The molecular formula is C9H13ClN2O2. The number of aromatic nitrogens is 1. The largest absolute Gasteiger partial charge is 0.468 e. The maximum atomic E-state index is 11.0. The molecule has 0 aromatic carbocycles. The molecule has 0 amide bonds. The van der Waals surface area contributed by atoms with Gasteiger partial charge in [-0.3, -0.25) is 9.78 Å². The van der Waals surface area contributed by atoms with E-state index in [4.69, 9.17) is 5.73 Å². The molecule has 1 aromatic rings. The number of nitrogens with zero attached hydrogens (tertiary/aromatic N) is 1. The fourth-order valence-electron chi connectivity index (χ4n) is 1.01. The van der Waals surface area contributed by atoms with E-state index in [9.17, 15) is 4.79 Å². The van der Waals surface area contributed by atoms with E-state index in [1.54, 1.807) is 12.4 Å². The standard InChI is InChI=1S/C9H12N2O2.ClH/c1-13-9(12)8(10)6-7-2-4-11-5-3-7;/h2-5,8H,6,10H2,1H3;1H/t8-;/m0./s1. The zero-order valence-corrected chi connectivity index (χ0v) is 8.66. The molecule has 0 aliphatic heterocycles. The number of nitrogens with two attached hydrogens (primary N) is 1. The van der Waals surface area contributed by atoms with Gasteiger partial charge in [-0.15, -0.1) is 12.4 Å². The SMILES string of the molecule is COC(=O)[C@@H](N)Cc1ccncc1.Cl. The van der Waals surface area contributed by atoms with Crippen molar-refractivity contribution in [2.75, 3.05) is 7.11 Å². The lowest BCUT2D eigenvalue weighted by molar-refractivity contribution is -0.142. The number of methoxy groups -OCH3 is 1. The number of pyridine rings is 1. The predicted molar refractivity (Wildman–Crippen MR) is 55.2 cm³/mol. The zero-order chi connectivity index (χ0) is 9.68. The molecule has 0 saturated carbocycles. The molecule has 0 unspecified atom stereocenters. The van der Waals surface area contributed by atoms with Gasteiger partial charge in [-0.2, -0.15) is 0 Å². The van der Waals surface area contributed by atoms with Gasteiger partial charge in [0.25, 0.3) is 0 Å². The number of carbonyl (C=O) groups excluding carboxylic acids is 1. The highest BCUT2D eigenvalue weighted by molar-refractivity contribution is 5.85. The van der Waals surface area contributed by atoms with Gasteiger partial charge in [0.15, 0.2) is 0 Å². The van der Waals surface area contributed by atoms with E-state index in [0.717, 1.165) is 5.56 Å². The molecule has 1 atom stereocenters. The van der Waals surface area contributed by atoms with Crippen LogP contribution >= 0.6 is 12.4 Å². The van der Waals surface area contributed by atoms with E-state index in [2.05, 4.69) is 9.72 Å². The first kappa shape index (κ1) is 12.9. The predicted octanol–water partition coefficient (Wildman–Crippen LogP) is 0.546. The molecule has 2 N–H and O–H groups in total. The molecule has 5 heteroatoms. The zero-order valence-electron chi connectivity index (χ0n) is 7.84. The Hall–Kier alpha value is -1.13. The van der Waals surface area contributed by atoms with Crippen molar-refractivity contribution in [3.63, 3.8) is 0 Å². The number of carbonyl (C=O) groups is 1. The molecule has 0 radical (unpaired) electrons. The summed E-state index contributed by atoms with van der Waals surface area (Å²) in [5, 5.41) is 0. The summed E-state index contributed by atoms with van der Waals surface area (Å²) in [4.78, 5) is 14.8. The summed E-state index contributed by atoms with van der Waals surface area (Å²) < 4.78 is 4.50. The number of rotatable bonds is 3. The van der Waals surface area contributed by atoms with Gasteiger partial charge >= 0.3 is 5.97 Å². The fourth-order valence-corrected chi connectivity index (χ4v) is 1.01. The van der Waals surface area contributed by atoms with Gasteiger partial charge in [-0.05, 0) is 24.1 Å². The quantitative estimate of drug-likeness (QED) is 0.750. The van der Waals surface area contributed by atoms with E-state index in [1.165, 1.54) is 7.11 Å². The third-order valence-corrected chi connectivity index (χ3v) is 1.71. The molecule has 1 heterocycles. The van der Waals surface area contributed by atoms with Crippen LogP contribution in [0.4, 0.5) is 0 Å². The second-order valence-electron chi connectivity index (χ2n) is 2.69. The first-order chi connectivity index (χ1) is 6.24. The number of esters is 1. The summed E-state index contributed by atoms with van der Waals surface area (Å²) in [6.45, 7) is 0. The number of ether oxygens (including phenoxy) is 1. The fraction of sp³-hybridized carbons (Fsp3) is 0.333. The molecule has 0 fully saturated rings. The van der Waals surface area contributed by atoms with Crippen LogP contribution in [0.3, 0.4) is 0 Å². The summed E-state index contributed by atoms with van der Waals surface area (Å²) in [6.07, 6.45) is 3.81. The van der Waals surface area contributed by atoms with E-state index in [1.807, 2.05) is 12.1 Å². The third-order valence-electron chi connectivity index (χ3n) is 1.71. The van der Waals surface area contributed by atoms with Crippen LogP contribution in [0.1, 0.15) is 5.56 Å². The van der Waals surface area contributed by atoms with Crippen LogP contribution in [0, 0.1) is 0 Å². The van der Waals surface area contributed by atoms with E-state index in [-0.39, 0.29) is 12.4 Å². The van der Waals surface area contributed by atoms with E-state index in [0.29, 0.717) is 6.42 Å². The van der Waals surface area contributed by atoms with Crippen LogP contribution in [0.15, 0.2) is 24.5 Å². The van der Waals surface area contributed by atoms with Crippen LogP contribution < -0.4 is 5.73 Å². The maximum absolute atomic E-state index is 11.0. The lowest BCUT2D eigenvalue weighted by Gasteiger charge is -2.08. The molecule has 0 saturated heterocycles. The van der Waals surface area contributed by atoms with Crippen molar-refractivity contribution in [3.8, 4) is 0 Å². The molecule has 1 aromatic heterocycles. The minimum absolute atomic E-state index is 0. The van der Waals surface area contributed by atoms with Crippen molar-refractivity contribution in [1.82, 2.24) is 4.98 Å². The highest BCUT2D eigenvalue weighted by Gasteiger charge is 2.13. The van der Waals surface area contributed by atoms with Crippen molar-refractivity contribution < 1.29 is 9.53 Å². The van der Waals surface area contributed by atoms with Crippen molar-refractivity contribution in [3.05, 3.63) is 30.1 Å². The Morgan fingerprint density at radius 3 is 2.64 bits per heavy atom. The Morgan fingerprint density at radius 1 is 1.57 bits per heavy atom. The molecule has 0 bridgehead atoms. The molecule has 1 rings (SSSR count). The van der Waals surface area contributed by atoms with Crippen LogP contribution in [0.25, 0.3) is 0 Å². The highest BCUT2D eigenvalue weighted by Crippen LogP contribution is 2.00. The second-order valence-corrected chi connectivity index (χ2v) is 2.69. The summed E-state index contributed by atoms with van der Waals surface area (Å²) >= 11 is 0. The highest BCUT2D eigenvalue weighted by atomic mass is 35.5. The van der Waals surface area contributed by atoms with Gasteiger partial charge in [-0.25, -0.2) is 0 Å². The number of hydrogen-bond acceptors (Lipinski definition) is 4. The normalized spacial score (nSPS) is 11.3. The average molecular weight is 217 g/mol. The Morgan fingerprint density at radius 2 is 2.14 bits per heavy atom. The van der Waals surface area contributed by atoms with E-state index < -0.39 is 12.0 Å². The Labute approximate surface area is 88.9 Å². The van der Waals surface area contributed by atoms with Crippen LogP contribution in [-0.4, -0.2) is 24.1 Å². The van der Waals surface area contributed by atoms with Crippen molar-refractivity contribution in [2.24, 2.45) is 5.73 Å². The lowest BCUT2D eigenvalue weighted by Crippen LogP contribution is -2.33. The van der Waals surface area contributed by atoms with Crippen LogP contribution in [-0.2, 0) is 16.0 Å². The lowest BCUT2D eigenvalue weighted by atomic mass is 10.1. The topological polar surface area (TPSA) is 65.2 Å². The summed E-state index contributed by atoms with van der Waals surface area (Å²) in [5.41, 5.74) is 6.54. The molecular weight excluding hydrogens is 204 g/mol. The Kier molecular flexibility index (Phi) is 5.83. The Balaban J connectivity index is 0.00000169. The smallest absolute Gasteiger partial charge is 0.322 e. The van der Waals surface area contributed by atoms with Crippen molar-refractivity contribution in [2.45, 2.75) is 12.5 Å². The van der Waals surface area contributed by atoms with Gasteiger partial charge < -0.3 is 10.5 Å². The molecule has 14 heavy (non-hydrogen) atoms. The monoisotopic (exact) mass is 216 g/mol. The van der Waals surface area contributed by atoms with Gasteiger partial charge in [0.2, 0.25) is 0 Å². The minimum Gasteiger partial charge on any atom is -0.468 e. The molecule has 0 spiro atoms. The summed E-state index contributed by atoms with van der Waals surface area (Å²) in [7, 11) is 1.33. The first-order valence-electron chi connectivity index (χ1n) is 3.96. The average Bonchev–Trinajstić information content (AvgIpc) is 2.18. The number of hydrogen-bond donors (Lipinski definition) is 1. The van der Waals surface area contributed by atoms with Crippen LogP contribution in [0.2, 0.25) is 0 Å². The van der Waals surface area contributed by atoms with Gasteiger partial charge in [-0.1, -0.05) is 0 Å². The van der Waals surface area contributed by atoms with Crippen LogP contribution in [0.5, 0.6) is 0 Å². The third kappa shape index (κ3) is 3.72. The maximum Gasteiger partial charge on any atom is 0.322 e. The van der Waals surface area contributed by atoms with E-state index >= 15 is 0 Å². The molecule has 0 aliphatic rings. The summed E-state index contributed by atoms with van der Waals surface area (Å²) in [5.74, 6) is -0.392. The first-order valence-corrected chi connectivity index (χ1v) is 3.96. The van der Waals surface area contributed by atoms with Gasteiger partial charge in [0, 0.05) is 12.4 Å². The molecule has 4 nitrogen and oxygen atoms in total. The minimum atomic E-state index is -0.590. The van der Waals surface area contributed by atoms with Crippen molar-refractivity contribution in [1.29, 1.82) is 0 Å². The Bertz CT molecular complexity index is 279. The van der Waals surface area contributed by atoms with Gasteiger partial charge in [0.05, 0.1) is 7.11 Å². The van der Waals surface area contributed by atoms with Crippen molar-refractivity contribution >= 4 is 18.4 Å². The van der Waals surface area contributed by atoms with Gasteiger partial charge in [0.1, 0.15) is 6.04 Å².